The smallest absolute Gasteiger partial charge is 0.401 e. The Morgan fingerprint density at radius 3 is 2.61 bits per heavy atom. The minimum atomic E-state index is -4.27. The van der Waals surface area contributed by atoms with Crippen LogP contribution in [0.4, 0.5) is 18.9 Å². The summed E-state index contributed by atoms with van der Waals surface area (Å²) in [5, 5.41) is 13.2. The minimum Gasteiger partial charge on any atom is -0.478 e. The molecular formula is C26H27F3N4O3. The molecule has 1 aromatic heterocycles. The average Bonchev–Trinajstić information content (AvgIpc) is 2.81. The Hall–Kier alpha value is -3.66. The number of carboxylic acids is 1. The summed E-state index contributed by atoms with van der Waals surface area (Å²) in [4.78, 5) is 31.1. The lowest BCUT2D eigenvalue weighted by Gasteiger charge is -2.27. The van der Waals surface area contributed by atoms with Crippen molar-refractivity contribution >= 4 is 28.1 Å². The van der Waals surface area contributed by atoms with Crippen molar-refractivity contribution in [3.8, 4) is 0 Å². The second-order valence-corrected chi connectivity index (χ2v) is 9.10. The number of hydrogen-bond acceptors (Lipinski definition) is 5. The molecule has 0 saturated heterocycles. The summed E-state index contributed by atoms with van der Waals surface area (Å²) >= 11 is 0. The summed E-state index contributed by atoms with van der Waals surface area (Å²) in [6.45, 7) is 3.08. The first-order chi connectivity index (χ1) is 16.9. The van der Waals surface area contributed by atoms with E-state index in [2.05, 4.69) is 5.32 Å². The van der Waals surface area contributed by atoms with E-state index >= 15 is 0 Å². The number of anilines is 1. The highest BCUT2D eigenvalue weighted by atomic mass is 19.4. The van der Waals surface area contributed by atoms with E-state index in [1.165, 1.54) is 15.5 Å². The fourth-order valence-electron chi connectivity index (χ4n) is 4.59. The van der Waals surface area contributed by atoms with E-state index < -0.39 is 18.7 Å². The highest BCUT2D eigenvalue weighted by Gasteiger charge is 2.31. The van der Waals surface area contributed by atoms with Crippen LogP contribution < -0.4 is 10.9 Å². The molecule has 2 N–H and O–H groups in total. The standard InChI is InChI=1S/C26H27F3N4O3/c1-15-12-19(16(2)30-21-7-5-4-6-18(21)25(35)36)22-20(13-15)24(34)32(3)23(31-22)17-8-10-33(11-9-17)14-26(27,28)29/h4-8,12-13,16,30H,9-11,14H2,1-3H3,(H,35,36)/t16-/m1/s1. The van der Waals surface area contributed by atoms with E-state index in [1.54, 1.807) is 37.4 Å². The van der Waals surface area contributed by atoms with Crippen molar-refractivity contribution in [2.45, 2.75) is 32.5 Å². The number of hydrogen-bond donors (Lipinski definition) is 2. The van der Waals surface area contributed by atoms with Gasteiger partial charge in [0.1, 0.15) is 5.82 Å². The number of benzene rings is 2. The van der Waals surface area contributed by atoms with E-state index in [4.69, 9.17) is 4.98 Å². The molecular weight excluding hydrogens is 473 g/mol. The van der Waals surface area contributed by atoms with Gasteiger partial charge in [0.2, 0.25) is 0 Å². The van der Waals surface area contributed by atoms with Gasteiger partial charge in [-0.05, 0) is 49.6 Å². The van der Waals surface area contributed by atoms with E-state index in [-0.39, 0.29) is 30.3 Å². The Morgan fingerprint density at radius 2 is 1.97 bits per heavy atom. The van der Waals surface area contributed by atoms with Crippen LogP contribution in [-0.4, -0.2) is 51.3 Å². The second kappa shape index (κ2) is 9.77. The fraction of sp³-hybridized carbons (Fsp3) is 0.346. The Kier molecular flexibility index (Phi) is 6.90. The quantitative estimate of drug-likeness (QED) is 0.507. The molecule has 0 unspecified atom stereocenters. The predicted octanol–water partition coefficient (Wildman–Crippen LogP) is 4.76. The van der Waals surface area contributed by atoms with Crippen LogP contribution in [0.25, 0.3) is 16.5 Å². The van der Waals surface area contributed by atoms with Gasteiger partial charge in [-0.1, -0.05) is 24.3 Å². The van der Waals surface area contributed by atoms with Crippen LogP contribution >= 0.6 is 0 Å². The molecule has 0 amide bonds. The number of rotatable bonds is 6. The summed E-state index contributed by atoms with van der Waals surface area (Å²) in [5.41, 5.74) is 3.08. The summed E-state index contributed by atoms with van der Waals surface area (Å²) in [5.74, 6) is -0.639. The summed E-state index contributed by atoms with van der Waals surface area (Å²) < 4.78 is 39.8. The first kappa shape index (κ1) is 25.4. The third kappa shape index (κ3) is 5.28. The normalized spacial score (nSPS) is 15.6. The Morgan fingerprint density at radius 1 is 1.25 bits per heavy atom. The van der Waals surface area contributed by atoms with Gasteiger partial charge in [-0.3, -0.25) is 14.3 Å². The SMILES string of the molecule is Cc1cc([C@@H](C)Nc2ccccc2C(=O)O)c2nc(C3=CCN(CC(F)(F)F)CC3)n(C)c(=O)c2c1. The lowest BCUT2D eigenvalue weighted by Crippen LogP contribution is -2.37. The van der Waals surface area contributed by atoms with Gasteiger partial charge in [-0.15, -0.1) is 0 Å². The molecule has 0 spiro atoms. The lowest BCUT2D eigenvalue weighted by molar-refractivity contribution is -0.144. The average molecular weight is 501 g/mol. The summed E-state index contributed by atoms with van der Waals surface area (Å²) in [6.07, 6.45) is -2.24. The lowest BCUT2D eigenvalue weighted by atomic mass is 9.99. The number of nitrogens with one attached hydrogen (secondary N) is 1. The van der Waals surface area contributed by atoms with Gasteiger partial charge in [0.05, 0.1) is 29.1 Å². The molecule has 0 fully saturated rings. The maximum absolute atomic E-state index is 13.3. The molecule has 7 nitrogen and oxygen atoms in total. The van der Waals surface area contributed by atoms with Gasteiger partial charge in [0.25, 0.3) is 5.56 Å². The van der Waals surface area contributed by atoms with Crippen LogP contribution in [0, 0.1) is 6.92 Å². The molecule has 1 aliphatic rings. The number of alkyl halides is 3. The van der Waals surface area contributed by atoms with Gasteiger partial charge in [0, 0.05) is 31.4 Å². The number of carboxylic acid groups (broad SMARTS) is 1. The molecule has 190 valence electrons. The second-order valence-electron chi connectivity index (χ2n) is 9.10. The van der Waals surface area contributed by atoms with Crippen LogP contribution in [0.15, 0.2) is 47.3 Å². The van der Waals surface area contributed by atoms with Gasteiger partial charge >= 0.3 is 12.1 Å². The molecule has 0 radical (unpaired) electrons. The molecule has 0 aliphatic carbocycles. The predicted molar refractivity (Wildman–Crippen MR) is 132 cm³/mol. The molecule has 0 saturated carbocycles. The van der Waals surface area contributed by atoms with Crippen molar-refractivity contribution in [2.24, 2.45) is 7.05 Å². The third-order valence-electron chi connectivity index (χ3n) is 6.33. The highest BCUT2D eigenvalue weighted by molar-refractivity contribution is 5.94. The van der Waals surface area contributed by atoms with Crippen molar-refractivity contribution in [3.05, 3.63) is 75.3 Å². The summed E-state index contributed by atoms with van der Waals surface area (Å²) in [6, 6.07) is 9.84. The van der Waals surface area contributed by atoms with Crippen LogP contribution in [0.2, 0.25) is 0 Å². The fourth-order valence-corrected chi connectivity index (χ4v) is 4.59. The number of aromatic nitrogens is 2. The highest BCUT2D eigenvalue weighted by Crippen LogP contribution is 2.30. The zero-order valence-corrected chi connectivity index (χ0v) is 20.2. The van der Waals surface area contributed by atoms with Gasteiger partial charge in [0.15, 0.2) is 0 Å². The number of para-hydroxylation sites is 1. The van der Waals surface area contributed by atoms with Crippen LogP contribution in [0.3, 0.4) is 0 Å². The van der Waals surface area contributed by atoms with E-state index in [0.717, 1.165) is 16.7 Å². The molecule has 10 heteroatoms. The molecule has 36 heavy (non-hydrogen) atoms. The van der Waals surface area contributed by atoms with Gasteiger partial charge in [-0.25, -0.2) is 9.78 Å². The number of halogens is 3. The maximum atomic E-state index is 13.3. The number of aromatic carboxylic acids is 1. The van der Waals surface area contributed by atoms with Crippen molar-refractivity contribution in [3.63, 3.8) is 0 Å². The Balaban J connectivity index is 1.75. The molecule has 3 aromatic rings. The Bertz CT molecular complexity index is 1410. The first-order valence-corrected chi connectivity index (χ1v) is 11.5. The van der Waals surface area contributed by atoms with Crippen molar-refractivity contribution in [1.29, 1.82) is 0 Å². The molecule has 0 bridgehead atoms. The molecule has 1 aliphatic heterocycles. The minimum absolute atomic E-state index is 0.118. The monoisotopic (exact) mass is 500 g/mol. The molecule has 4 rings (SSSR count). The van der Waals surface area contributed by atoms with E-state index in [1.807, 2.05) is 19.9 Å². The topological polar surface area (TPSA) is 87.5 Å². The molecule has 2 aromatic carbocycles. The molecule has 2 heterocycles. The zero-order chi connectivity index (χ0) is 26.2. The first-order valence-electron chi connectivity index (χ1n) is 11.5. The van der Waals surface area contributed by atoms with Crippen LogP contribution in [-0.2, 0) is 7.05 Å². The maximum Gasteiger partial charge on any atom is 0.401 e. The molecule has 1 atom stereocenters. The number of aryl methyl sites for hydroxylation is 1. The van der Waals surface area contributed by atoms with Crippen LogP contribution in [0.5, 0.6) is 0 Å². The van der Waals surface area contributed by atoms with Crippen LogP contribution in [0.1, 0.15) is 46.7 Å². The third-order valence-corrected chi connectivity index (χ3v) is 6.33. The Labute approximate surface area is 205 Å². The number of fused-ring (bicyclic) bond motifs is 1. The number of nitrogens with zero attached hydrogens (tertiary/aromatic N) is 3. The number of carbonyl (C=O) groups is 1. The van der Waals surface area contributed by atoms with Crippen molar-refractivity contribution < 1.29 is 23.1 Å². The van der Waals surface area contributed by atoms with Crippen molar-refractivity contribution in [1.82, 2.24) is 14.5 Å². The van der Waals surface area contributed by atoms with Crippen molar-refractivity contribution in [2.75, 3.05) is 25.0 Å². The van der Waals surface area contributed by atoms with E-state index in [9.17, 15) is 27.9 Å². The zero-order valence-electron chi connectivity index (χ0n) is 20.2. The summed E-state index contributed by atoms with van der Waals surface area (Å²) in [7, 11) is 1.61. The van der Waals surface area contributed by atoms with Gasteiger partial charge < -0.3 is 10.4 Å². The van der Waals surface area contributed by atoms with Gasteiger partial charge in [-0.2, -0.15) is 13.2 Å². The van der Waals surface area contributed by atoms with E-state index in [0.29, 0.717) is 28.8 Å². The largest absolute Gasteiger partial charge is 0.478 e.